The van der Waals surface area contributed by atoms with Gasteiger partial charge in [0.05, 0.1) is 32.0 Å². The van der Waals surface area contributed by atoms with Crippen molar-refractivity contribution in [1.29, 1.82) is 0 Å². The molecule has 11 nitrogen and oxygen atoms in total. The van der Waals surface area contributed by atoms with Crippen LogP contribution >= 0.6 is 0 Å². The average molecular weight is 1030 g/mol. The second-order valence-corrected chi connectivity index (χ2v) is 21.4. The number of rotatable bonds is 53. The number of hydrogen-bond donors (Lipinski definition) is 6. The Morgan fingerprint density at radius 1 is 0.507 bits per heavy atom. The summed E-state index contributed by atoms with van der Waals surface area (Å²) in [6.45, 7) is 4.23. The van der Waals surface area contributed by atoms with Gasteiger partial charge in [0.2, 0.25) is 5.91 Å². The molecule has 1 rings (SSSR count). The summed E-state index contributed by atoms with van der Waals surface area (Å²) in [7, 11) is 0. The lowest BCUT2D eigenvalue weighted by molar-refractivity contribution is -0.302. The number of amides is 1. The van der Waals surface area contributed by atoms with Crippen molar-refractivity contribution in [3.05, 3.63) is 36.5 Å². The normalized spacial score (nSPS) is 19.1. The van der Waals surface area contributed by atoms with Gasteiger partial charge in [-0.25, -0.2) is 0 Å². The summed E-state index contributed by atoms with van der Waals surface area (Å²) in [5, 5.41) is 54.4. The van der Waals surface area contributed by atoms with E-state index < -0.39 is 49.5 Å². The summed E-state index contributed by atoms with van der Waals surface area (Å²) in [5.74, 6) is -0.235. The quantitative estimate of drug-likeness (QED) is 0.0195. The van der Waals surface area contributed by atoms with Gasteiger partial charge >= 0.3 is 5.97 Å². The summed E-state index contributed by atoms with van der Waals surface area (Å²) < 4.78 is 16.6. The minimum atomic E-state index is -1.57. The van der Waals surface area contributed by atoms with Gasteiger partial charge in [-0.05, 0) is 51.4 Å². The van der Waals surface area contributed by atoms with Crippen LogP contribution in [0.5, 0.6) is 0 Å². The minimum Gasteiger partial charge on any atom is -0.465 e. The molecular weight excluding hydrogens is 919 g/mol. The Balaban J connectivity index is 2.09. The van der Waals surface area contributed by atoms with Gasteiger partial charge in [-0.15, -0.1) is 0 Å². The fourth-order valence-electron chi connectivity index (χ4n) is 9.63. The lowest BCUT2D eigenvalue weighted by Gasteiger charge is -2.40. The van der Waals surface area contributed by atoms with Crippen molar-refractivity contribution in [3.8, 4) is 0 Å². The molecule has 11 heteroatoms. The zero-order chi connectivity index (χ0) is 53.1. The SMILES string of the molecule is CCCCCCCCCCCCC/C=C/C(O)C(COC1OC(CO)C(O)C(O)C1O)NC(=O)CCCCCCCCCCCCCCCC/C=C\C/C=C\CCOC(=O)CCCCCCCCCCCCC. The molecule has 0 bridgehead atoms. The van der Waals surface area contributed by atoms with Crippen LogP contribution in [0, 0.1) is 0 Å². The topological polar surface area (TPSA) is 175 Å². The van der Waals surface area contributed by atoms with Crippen LogP contribution in [0.3, 0.4) is 0 Å². The van der Waals surface area contributed by atoms with Gasteiger partial charge in [-0.1, -0.05) is 256 Å². The van der Waals surface area contributed by atoms with Crippen LogP contribution in [0.1, 0.15) is 284 Å². The van der Waals surface area contributed by atoms with E-state index in [1.54, 1.807) is 6.08 Å². The van der Waals surface area contributed by atoms with Crippen molar-refractivity contribution in [3.63, 3.8) is 0 Å². The standard InChI is InChI=1S/C62H115NO10/c1-3-5-7-9-11-13-15-25-29-32-36-40-44-48-55(65)54(53-72-62-61(70)60(69)59(68)56(52-64)73-62)63-57(66)49-45-41-37-33-30-26-23-21-19-17-16-18-20-22-24-27-31-35-39-43-47-51-71-58(67)50-46-42-38-34-28-14-12-10-8-6-4-2/h27,31,39,43-44,48,54-56,59-62,64-65,68-70H,3-26,28-30,32-38,40-42,45-47,49-53H2,1-2H3,(H,63,66)/b31-27-,43-39-,48-44+. The lowest BCUT2D eigenvalue weighted by Crippen LogP contribution is -2.60. The molecule has 6 N–H and O–H groups in total. The summed E-state index contributed by atoms with van der Waals surface area (Å²) in [6.07, 6.45) is 53.9. The molecule has 428 valence electrons. The molecule has 0 aromatic rings. The highest BCUT2D eigenvalue weighted by atomic mass is 16.7. The third-order valence-electron chi connectivity index (χ3n) is 14.5. The summed E-state index contributed by atoms with van der Waals surface area (Å²) >= 11 is 0. The highest BCUT2D eigenvalue weighted by molar-refractivity contribution is 5.76. The first-order valence-electron chi connectivity index (χ1n) is 30.8. The molecule has 73 heavy (non-hydrogen) atoms. The highest BCUT2D eigenvalue weighted by Crippen LogP contribution is 2.23. The first-order chi connectivity index (χ1) is 35.7. The summed E-state index contributed by atoms with van der Waals surface area (Å²) in [6, 6.07) is -0.814. The van der Waals surface area contributed by atoms with Crippen LogP contribution in [-0.2, 0) is 23.8 Å². The van der Waals surface area contributed by atoms with E-state index in [2.05, 4.69) is 43.5 Å². The van der Waals surface area contributed by atoms with Crippen molar-refractivity contribution in [1.82, 2.24) is 5.32 Å². The third kappa shape index (κ3) is 41.7. The van der Waals surface area contributed by atoms with Crippen LogP contribution in [0.25, 0.3) is 0 Å². The number of unbranched alkanes of at least 4 members (excludes halogenated alkanes) is 35. The largest absolute Gasteiger partial charge is 0.465 e. The molecule has 7 unspecified atom stereocenters. The van der Waals surface area contributed by atoms with Crippen molar-refractivity contribution in [2.24, 2.45) is 0 Å². The molecule has 7 atom stereocenters. The van der Waals surface area contributed by atoms with Crippen LogP contribution < -0.4 is 5.32 Å². The number of carbonyl (C=O) groups is 2. The van der Waals surface area contributed by atoms with Gasteiger partial charge < -0.3 is 45.1 Å². The van der Waals surface area contributed by atoms with Crippen molar-refractivity contribution in [2.75, 3.05) is 19.8 Å². The highest BCUT2D eigenvalue weighted by Gasteiger charge is 2.44. The zero-order valence-electron chi connectivity index (χ0n) is 47.1. The van der Waals surface area contributed by atoms with Gasteiger partial charge in [0, 0.05) is 12.8 Å². The molecule has 0 aromatic heterocycles. The molecule has 0 spiro atoms. The number of ether oxygens (including phenoxy) is 3. The molecule has 1 amide bonds. The fraction of sp³-hybridized carbons (Fsp3) is 0.871. The zero-order valence-corrected chi connectivity index (χ0v) is 47.1. The second kappa shape index (κ2) is 52.0. The number of nitrogens with one attached hydrogen (secondary N) is 1. The van der Waals surface area contributed by atoms with E-state index in [0.29, 0.717) is 19.4 Å². The van der Waals surface area contributed by atoms with Crippen LogP contribution in [0.15, 0.2) is 36.5 Å². The monoisotopic (exact) mass is 1030 g/mol. The Bertz CT molecular complexity index is 1310. The molecule has 1 heterocycles. The fourth-order valence-corrected chi connectivity index (χ4v) is 9.63. The van der Waals surface area contributed by atoms with Crippen LogP contribution in [0.2, 0.25) is 0 Å². The Labute approximate surface area is 447 Å². The minimum absolute atomic E-state index is 0.0487. The number of carbonyl (C=O) groups excluding carboxylic acids is 2. The van der Waals surface area contributed by atoms with Gasteiger partial charge in [-0.3, -0.25) is 9.59 Å². The smallest absolute Gasteiger partial charge is 0.305 e. The van der Waals surface area contributed by atoms with Gasteiger partial charge in [0.1, 0.15) is 24.4 Å². The van der Waals surface area contributed by atoms with Gasteiger partial charge in [0.25, 0.3) is 0 Å². The van der Waals surface area contributed by atoms with E-state index in [4.69, 9.17) is 14.2 Å². The first-order valence-corrected chi connectivity index (χ1v) is 30.8. The molecule has 0 saturated carbocycles. The van der Waals surface area contributed by atoms with E-state index >= 15 is 0 Å². The summed E-state index contributed by atoms with van der Waals surface area (Å²) in [5.41, 5.74) is 0. The molecule has 0 aromatic carbocycles. The Morgan fingerprint density at radius 2 is 0.918 bits per heavy atom. The molecule has 1 fully saturated rings. The van der Waals surface area contributed by atoms with E-state index in [0.717, 1.165) is 70.6 Å². The second-order valence-electron chi connectivity index (χ2n) is 21.4. The van der Waals surface area contributed by atoms with Crippen LogP contribution in [0.4, 0.5) is 0 Å². The third-order valence-corrected chi connectivity index (χ3v) is 14.5. The van der Waals surface area contributed by atoms with E-state index in [9.17, 15) is 35.1 Å². The van der Waals surface area contributed by atoms with Crippen molar-refractivity contribution in [2.45, 2.75) is 326 Å². The lowest BCUT2D eigenvalue weighted by atomic mass is 9.99. The Kier molecular flexibility index (Phi) is 49.0. The van der Waals surface area contributed by atoms with Crippen molar-refractivity contribution >= 4 is 11.9 Å². The van der Waals surface area contributed by atoms with Crippen molar-refractivity contribution < 1.29 is 49.3 Å². The number of allylic oxidation sites excluding steroid dienone is 4. The number of esters is 1. The van der Waals surface area contributed by atoms with E-state index in [1.807, 2.05) is 6.08 Å². The molecule has 1 aliphatic heterocycles. The van der Waals surface area contributed by atoms with Crippen LogP contribution in [-0.4, -0.2) is 100 Å². The van der Waals surface area contributed by atoms with E-state index in [-0.39, 0.29) is 18.5 Å². The Morgan fingerprint density at radius 3 is 1.38 bits per heavy atom. The maximum absolute atomic E-state index is 13.0. The number of aliphatic hydroxyl groups excluding tert-OH is 5. The molecular formula is C62H115NO10. The molecule has 0 radical (unpaired) electrons. The average Bonchev–Trinajstić information content (AvgIpc) is 3.39. The van der Waals surface area contributed by atoms with Gasteiger partial charge in [-0.2, -0.15) is 0 Å². The predicted octanol–water partition coefficient (Wildman–Crippen LogP) is 14.3. The maximum atomic E-state index is 13.0. The summed E-state index contributed by atoms with van der Waals surface area (Å²) in [4.78, 5) is 25.0. The number of hydrogen-bond acceptors (Lipinski definition) is 10. The number of aliphatic hydroxyl groups is 5. The van der Waals surface area contributed by atoms with Gasteiger partial charge in [0.15, 0.2) is 6.29 Å². The Hall–Kier alpha value is -2.12. The van der Waals surface area contributed by atoms with E-state index in [1.165, 1.54) is 186 Å². The molecule has 0 aliphatic carbocycles. The first kappa shape index (κ1) is 68.9. The maximum Gasteiger partial charge on any atom is 0.305 e. The predicted molar refractivity (Wildman–Crippen MR) is 301 cm³/mol. The molecule has 1 aliphatic rings. The molecule has 1 saturated heterocycles.